The smallest absolute Gasteiger partial charge is 0.241 e. The molecule has 0 saturated heterocycles. The molecule has 37 heavy (non-hydrogen) atoms. The van der Waals surface area contributed by atoms with E-state index >= 15 is 0 Å². The van der Waals surface area contributed by atoms with Crippen molar-refractivity contribution < 1.29 is 8.42 Å². The van der Waals surface area contributed by atoms with E-state index in [4.69, 9.17) is 11.8 Å². The summed E-state index contributed by atoms with van der Waals surface area (Å²) >= 11 is 7.25. The first-order chi connectivity index (χ1) is 17.7. The maximum Gasteiger partial charge on any atom is 0.241 e. The molecule has 1 N–H and O–H groups in total. The maximum atomic E-state index is 13.7. The van der Waals surface area contributed by atoms with E-state index in [-0.39, 0.29) is 10.8 Å². The summed E-state index contributed by atoms with van der Waals surface area (Å²) in [6, 6.07) is 31.3. The van der Waals surface area contributed by atoms with Crippen LogP contribution in [0.25, 0.3) is 0 Å². The Hall–Kier alpha value is -3.12. The van der Waals surface area contributed by atoms with Gasteiger partial charge < -0.3 is 0 Å². The fourth-order valence-corrected chi connectivity index (χ4v) is 6.12. The lowest BCUT2D eigenvalue weighted by molar-refractivity contribution is 0.506. The second kappa shape index (κ2) is 11.5. The number of sulfonamides is 1. The number of hydrogen-bond acceptors (Lipinski definition) is 3. The largest absolute Gasteiger partial charge is 0.276 e. The lowest BCUT2D eigenvalue weighted by atomic mass is 9.92. The lowest BCUT2D eigenvalue weighted by Crippen LogP contribution is -2.38. The normalized spacial score (nSPS) is 13.4. The van der Waals surface area contributed by atoms with Gasteiger partial charge in [0.25, 0.3) is 0 Å². The molecule has 0 unspecified atom stereocenters. The van der Waals surface area contributed by atoms with Crippen LogP contribution < -0.4 is 9.14 Å². The van der Waals surface area contributed by atoms with E-state index in [1.54, 1.807) is 28.7 Å². The summed E-state index contributed by atoms with van der Waals surface area (Å²) in [6.07, 6.45) is 0. The predicted molar refractivity (Wildman–Crippen MR) is 153 cm³/mol. The number of anilines is 1. The van der Waals surface area contributed by atoms with Gasteiger partial charge in [0.05, 0.1) is 22.7 Å². The monoisotopic (exact) mass is 532 g/mol. The molecular formula is C31H33ClN2O2S. The van der Waals surface area contributed by atoms with E-state index in [0.717, 1.165) is 33.5 Å². The van der Waals surface area contributed by atoms with E-state index in [1.165, 1.54) is 0 Å². The minimum atomic E-state index is -3.86. The highest BCUT2D eigenvalue weighted by Crippen LogP contribution is 2.42. The topological polar surface area (TPSA) is 49.4 Å². The highest BCUT2D eigenvalue weighted by atomic mass is 35.5. The van der Waals surface area contributed by atoms with Crippen molar-refractivity contribution in [1.82, 2.24) is 4.72 Å². The SMILES string of the molecule is Cc1ccc(S(=O)(=O)N[C@H](c2ccccc2)[C@@H](c2ccccc2)N(Cl)c2ccc(C)cc2C(C)C)cc1. The minimum absolute atomic E-state index is 0.213. The summed E-state index contributed by atoms with van der Waals surface area (Å²) in [5, 5.41) is 0. The number of rotatable bonds is 9. The Kier molecular flexibility index (Phi) is 8.38. The van der Waals surface area contributed by atoms with Crippen LogP contribution in [-0.2, 0) is 10.0 Å². The molecule has 0 spiro atoms. The second-order valence-corrected chi connectivity index (χ2v) is 11.8. The Morgan fingerprint density at radius 3 is 1.84 bits per heavy atom. The van der Waals surface area contributed by atoms with Gasteiger partial charge in [-0.05, 0) is 54.7 Å². The Labute approximate surface area is 226 Å². The Morgan fingerprint density at radius 2 is 1.27 bits per heavy atom. The number of halogens is 1. The third-order valence-corrected chi connectivity index (χ3v) is 8.36. The number of nitrogens with zero attached hydrogens (tertiary/aromatic N) is 1. The molecule has 0 aliphatic rings. The lowest BCUT2D eigenvalue weighted by Gasteiger charge is -2.36. The van der Waals surface area contributed by atoms with Crippen LogP contribution in [0.1, 0.15) is 59.7 Å². The molecule has 0 bridgehead atoms. The van der Waals surface area contributed by atoms with Crippen molar-refractivity contribution >= 4 is 27.5 Å². The molecule has 0 aliphatic carbocycles. The molecule has 6 heteroatoms. The van der Waals surface area contributed by atoms with Crippen LogP contribution in [0.3, 0.4) is 0 Å². The zero-order valence-electron chi connectivity index (χ0n) is 21.6. The van der Waals surface area contributed by atoms with Crippen molar-refractivity contribution in [3.05, 3.63) is 131 Å². The molecule has 4 rings (SSSR count). The summed E-state index contributed by atoms with van der Waals surface area (Å²) in [6.45, 7) is 8.26. The van der Waals surface area contributed by atoms with Gasteiger partial charge in [-0.3, -0.25) is 4.42 Å². The molecule has 4 aromatic rings. The van der Waals surface area contributed by atoms with E-state index in [1.807, 2.05) is 79.7 Å². The van der Waals surface area contributed by atoms with Crippen LogP contribution in [0, 0.1) is 13.8 Å². The van der Waals surface area contributed by atoms with E-state index < -0.39 is 22.1 Å². The zero-order valence-corrected chi connectivity index (χ0v) is 23.2. The maximum absolute atomic E-state index is 13.7. The molecule has 0 aromatic heterocycles. The fraction of sp³-hybridized carbons (Fsp3) is 0.226. The summed E-state index contributed by atoms with van der Waals surface area (Å²) in [5.74, 6) is 0.229. The summed E-state index contributed by atoms with van der Waals surface area (Å²) in [5.41, 5.74) is 5.81. The van der Waals surface area contributed by atoms with Gasteiger partial charge in [0.1, 0.15) is 0 Å². The Bertz CT molecular complexity index is 1420. The van der Waals surface area contributed by atoms with Gasteiger partial charge in [-0.15, -0.1) is 0 Å². The molecule has 0 fully saturated rings. The van der Waals surface area contributed by atoms with Crippen LogP contribution >= 0.6 is 11.8 Å². The van der Waals surface area contributed by atoms with E-state index in [9.17, 15) is 8.42 Å². The van der Waals surface area contributed by atoms with Crippen molar-refractivity contribution in [2.75, 3.05) is 4.42 Å². The van der Waals surface area contributed by atoms with Crippen LogP contribution in [0.15, 0.2) is 108 Å². The molecule has 0 saturated carbocycles. The van der Waals surface area contributed by atoms with Crippen molar-refractivity contribution in [2.24, 2.45) is 0 Å². The minimum Gasteiger partial charge on any atom is -0.276 e. The third kappa shape index (κ3) is 6.24. The van der Waals surface area contributed by atoms with Gasteiger partial charge in [-0.25, -0.2) is 13.1 Å². The van der Waals surface area contributed by atoms with Crippen LogP contribution in [0.2, 0.25) is 0 Å². The van der Waals surface area contributed by atoms with Crippen molar-refractivity contribution in [2.45, 2.75) is 50.6 Å². The third-order valence-electron chi connectivity index (χ3n) is 6.51. The van der Waals surface area contributed by atoms with E-state index in [0.29, 0.717) is 0 Å². The number of benzene rings is 4. The summed E-state index contributed by atoms with van der Waals surface area (Å²) in [7, 11) is -3.86. The molecule has 0 heterocycles. The average molecular weight is 533 g/mol. The zero-order chi connectivity index (χ0) is 26.6. The highest BCUT2D eigenvalue weighted by Gasteiger charge is 2.35. The van der Waals surface area contributed by atoms with Crippen LogP contribution in [0.5, 0.6) is 0 Å². The molecular weight excluding hydrogens is 500 g/mol. The number of aryl methyl sites for hydroxylation is 2. The van der Waals surface area contributed by atoms with E-state index in [2.05, 4.69) is 31.6 Å². The molecule has 0 amide bonds. The fourth-order valence-electron chi connectivity index (χ4n) is 4.51. The molecule has 4 nitrogen and oxygen atoms in total. The summed E-state index contributed by atoms with van der Waals surface area (Å²) in [4.78, 5) is 0.213. The van der Waals surface area contributed by atoms with Gasteiger partial charge in [0.2, 0.25) is 10.0 Å². The standard InChI is InChI=1S/C31H33ClN2O2S/c1-22(2)28-21-24(4)17-20-29(28)34(32)31(26-13-9-6-10-14-26)30(25-11-7-5-8-12-25)33-37(35,36)27-18-15-23(3)16-19-27/h5-22,30-31,33H,1-4H3/t30-,31-/m1/s1. The number of hydrogen-bond donors (Lipinski definition) is 1. The molecule has 4 aromatic carbocycles. The van der Waals surface area contributed by atoms with Crippen LogP contribution in [-0.4, -0.2) is 8.42 Å². The number of nitrogens with one attached hydrogen (secondary N) is 1. The van der Waals surface area contributed by atoms with Gasteiger partial charge in [-0.1, -0.05) is 110 Å². The molecule has 192 valence electrons. The van der Waals surface area contributed by atoms with Gasteiger partial charge in [-0.2, -0.15) is 0 Å². The summed E-state index contributed by atoms with van der Waals surface area (Å²) < 4.78 is 32.0. The molecule has 0 aliphatic heterocycles. The van der Waals surface area contributed by atoms with Crippen molar-refractivity contribution in [3.63, 3.8) is 0 Å². The van der Waals surface area contributed by atoms with Gasteiger partial charge in [0.15, 0.2) is 0 Å². The second-order valence-electron chi connectivity index (χ2n) is 9.71. The Balaban J connectivity index is 1.88. The van der Waals surface area contributed by atoms with Crippen molar-refractivity contribution in [3.8, 4) is 0 Å². The first-order valence-electron chi connectivity index (χ1n) is 12.4. The van der Waals surface area contributed by atoms with Gasteiger partial charge >= 0.3 is 0 Å². The first-order valence-corrected chi connectivity index (χ1v) is 14.2. The molecule has 0 radical (unpaired) electrons. The van der Waals surface area contributed by atoms with Crippen molar-refractivity contribution in [1.29, 1.82) is 0 Å². The van der Waals surface area contributed by atoms with Crippen LogP contribution in [0.4, 0.5) is 5.69 Å². The first kappa shape index (κ1) is 26.9. The highest BCUT2D eigenvalue weighted by molar-refractivity contribution is 7.89. The molecule has 2 atom stereocenters. The Morgan fingerprint density at radius 1 is 0.730 bits per heavy atom. The average Bonchev–Trinajstić information content (AvgIpc) is 2.89. The quantitative estimate of drug-likeness (QED) is 0.223. The van der Waals surface area contributed by atoms with Gasteiger partial charge in [0, 0.05) is 11.8 Å². The predicted octanol–water partition coefficient (Wildman–Crippen LogP) is 7.85.